The van der Waals surface area contributed by atoms with Crippen LogP contribution in [0.4, 0.5) is 11.4 Å². The molecule has 0 saturated heterocycles. The minimum Gasteiger partial charge on any atom is -0.496 e. The normalized spacial score (nSPS) is 11.5. The van der Waals surface area contributed by atoms with Gasteiger partial charge in [-0.2, -0.15) is 0 Å². The van der Waals surface area contributed by atoms with Crippen LogP contribution < -0.4 is 20.7 Å². The lowest BCUT2D eigenvalue weighted by Crippen LogP contribution is -2.30. The highest BCUT2D eigenvalue weighted by Crippen LogP contribution is 2.37. The molecule has 0 aromatic heterocycles. The summed E-state index contributed by atoms with van der Waals surface area (Å²) in [6, 6.07) is 38.9. The smallest absolute Gasteiger partial charge is 0.338 e. The summed E-state index contributed by atoms with van der Waals surface area (Å²) < 4.78 is 10.8. The van der Waals surface area contributed by atoms with Crippen LogP contribution >= 0.6 is 11.8 Å². The first-order chi connectivity index (χ1) is 25.3. The predicted octanol–water partition coefficient (Wildman–Crippen LogP) is 8.53. The number of carbonyl (C=O) groups excluding carboxylic acids is 4. The number of benzene rings is 5. The number of thioether (sulfide) groups is 1. The Morgan fingerprint density at radius 3 is 2.13 bits per heavy atom. The molecule has 0 aliphatic heterocycles. The molecule has 10 heteroatoms. The standard InChI is InChI=1S/C42H39N3O6S/c1-3-4-26-51-42(49)31-22-24-33(25-23-31)43-41(48)38(29-14-7-5-8-15-29)52-35-20-13-19-34(28-35)44-40(47)36(27-32-18-11-12-21-37(32)50-2)45-39(46)30-16-9-6-10-17-30/h5-25,27-28,38H,3-4,26H2,1-2H3,(H,43,48)(H,44,47)(H,45,46)/b36-27+. The van der Waals surface area contributed by atoms with Gasteiger partial charge in [-0.3, -0.25) is 14.4 Å². The first-order valence-corrected chi connectivity index (χ1v) is 17.6. The van der Waals surface area contributed by atoms with E-state index in [1.807, 2.05) is 55.5 Å². The van der Waals surface area contributed by atoms with Gasteiger partial charge in [-0.05, 0) is 78.7 Å². The van der Waals surface area contributed by atoms with Gasteiger partial charge in [0.2, 0.25) is 5.91 Å². The molecule has 0 saturated carbocycles. The summed E-state index contributed by atoms with van der Waals surface area (Å²) in [4.78, 5) is 53.7. The van der Waals surface area contributed by atoms with Crippen LogP contribution in [-0.4, -0.2) is 37.4 Å². The summed E-state index contributed by atoms with van der Waals surface area (Å²) in [7, 11) is 1.53. The second kappa shape index (κ2) is 18.7. The predicted molar refractivity (Wildman–Crippen MR) is 205 cm³/mol. The van der Waals surface area contributed by atoms with Crippen molar-refractivity contribution in [3.05, 3.63) is 161 Å². The summed E-state index contributed by atoms with van der Waals surface area (Å²) in [5, 5.41) is 7.96. The van der Waals surface area contributed by atoms with E-state index in [0.717, 1.165) is 23.3 Å². The number of anilines is 2. The van der Waals surface area contributed by atoms with Gasteiger partial charge in [0.25, 0.3) is 11.8 Å². The molecule has 1 unspecified atom stereocenters. The van der Waals surface area contributed by atoms with Crippen LogP contribution in [0.1, 0.15) is 56.9 Å². The van der Waals surface area contributed by atoms with Gasteiger partial charge in [0.05, 0.1) is 19.3 Å². The molecule has 0 fully saturated rings. The topological polar surface area (TPSA) is 123 Å². The lowest BCUT2D eigenvalue weighted by atomic mass is 10.1. The van der Waals surface area contributed by atoms with Crippen LogP contribution in [0.25, 0.3) is 6.08 Å². The maximum atomic E-state index is 13.8. The molecule has 264 valence electrons. The van der Waals surface area contributed by atoms with Crippen molar-refractivity contribution >= 4 is 52.9 Å². The summed E-state index contributed by atoms with van der Waals surface area (Å²) in [6.07, 6.45) is 3.28. The van der Waals surface area contributed by atoms with Gasteiger partial charge in [0.1, 0.15) is 16.7 Å². The lowest BCUT2D eigenvalue weighted by molar-refractivity contribution is -0.116. The van der Waals surface area contributed by atoms with E-state index in [1.165, 1.54) is 18.9 Å². The number of methoxy groups -OCH3 is 1. The van der Waals surface area contributed by atoms with E-state index in [-0.39, 0.29) is 11.6 Å². The molecule has 5 aromatic rings. The molecule has 3 N–H and O–H groups in total. The summed E-state index contributed by atoms with van der Waals surface area (Å²) in [5.41, 5.74) is 3.19. The highest BCUT2D eigenvalue weighted by atomic mass is 32.2. The molecule has 0 aliphatic rings. The number of carbonyl (C=O) groups is 4. The van der Waals surface area contributed by atoms with Gasteiger partial charge in [-0.25, -0.2) is 4.79 Å². The fourth-order valence-electron chi connectivity index (χ4n) is 5.06. The van der Waals surface area contributed by atoms with E-state index >= 15 is 0 Å². The molecule has 0 spiro atoms. The molecule has 5 rings (SSSR count). The van der Waals surface area contributed by atoms with Gasteiger partial charge >= 0.3 is 5.97 Å². The number of unbranched alkanes of at least 4 members (excludes halogenated alkanes) is 1. The Labute approximate surface area is 307 Å². The van der Waals surface area contributed by atoms with Crippen molar-refractivity contribution in [3.8, 4) is 5.75 Å². The average molecular weight is 714 g/mol. The first kappa shape index (κ1) is 37.1. The highest BCUT2D eigenvalue weighted by Gasteiger charge is 2.23. The van der Waals surface area contributed by atoms with Crippen LogP contribution in [-0.2, 0) is 14.3 Å². The van der Waals surface area contributed by atoms with Gasteiger partial charge < -0.3 is 25.4 Å². The number of hydrogen-bond acceptors (Lipinski definition) is 7. The molecule has 0 radical (unpaired) electrons. The van der Waals surface area contributed by atoms with Crippen LogP contribution in [0.3, 0.4) is 0 Å². The van der Waals surface area contributed by atoms with Crippen LogP contribution in [0.5, 0.6) is 5.75 Å². The minimum absolute atomic E-state index is 0.0122. The average Bonchev–Trinajstić information content (AvgIpc) is 3.18. The zero-order valence-electron chi connectivity index (χ0n) is 28.8. The Bertz CT molecular complexity index is 2020. The van der Waals surface area contributed by atoms with Crippen molar-refractivity contribution in [2.75, 3.05) is 24.4 Å². The van der Waals surface area contributed by atoms with Gasteiger partial charge in [0.15, 0.2) is 0 Å². The third-order valence-electron chi connectivity index (χ3n) is 7.77. The number of hydrogen-bond donors (Lipinski definition) is 3. The number of esters is 1. The number of para-hydroxylation sites is 1. The Balaban J connectivity index is 1.34. The van der Waals surface area contributed by atoms with Crippen molar-refractivity contribution in [1.82, 2.24) is 5.32 Å². The Morgan fingerprint density at radius 2 is 1.42 bits per heavy atom. The van der Waals surface area contributed by atoms with E-state index in [4.69, 9.17) is 9.47 Å². The van der Waals surface area contributed by atoms with Crippen molar-refractivity contribution < 1.29 is 28.7 Å². The van der Waals surface area contributed by atoms with Crippen molar-refractivity contribution in [2.24, 2.45) is 0 Å². The van der Waals surface area contributed by atoms with Gasteiger partial charge in [-0.15, -0.1) is 11.8 Å². The first-order valence-electron chi connectivity index (χ1n) is 16.8. The van der Waals surface area contributed by atoms with Crippen LogP contribution in [0.15, 0.2) is 144 Å². The van der Waals surface area contributed by atoms with Crippen molar-refractivity contribution in [2.45, 2.75) is 29.9 Å². The zero-order valence-corrected chi connectivity index (χ0v) is 29.7. The number of amides is 3. The number of rotatable bonds is 15. The quantitative estimate of drug-likeness (QED) is 0.0430. The molecule has 5 aromatic carbocycles. The maximum Gasteiger partial charge on any atom is 0.338 e. The molecule has 9 nitrogen and oxygen atoms in total. The lowest BCUT2D eigenvalue weighted by Gasteiger charge is -2.18. The van der Waals surface area contributed by atoms with E-state index in [9.17, 15) is 19.2 Å². The molecule has 52 heavy (non-hydrogen) atoms. The molecular formula is C42H39N3O6S. The summed E-state index contributed by atoms with van der Waals surface area (Å²) in [6.45, 7) is 2.39. The summed E-state index contributed by atoms with van der Waals surface area (Å²) in [5.74, 6) is -1.13. The summed E-state index contributed by atoms with van der Waals surface area (Å²) >= 11 is 1.32. The second-order valence-corrected chi connectivity index (χ2v) is 12.7. The second-order valence-electron chi connectivity index (χ2n) is 11.6. The Kier molecular flexibility index (Phi) is 13.4. The third-order valence-corrected chi connectivity index (χ3v) is 9.02. The largest absolute Gasteiger partial charge is 0.496 e. The monoisotopic (exact) mass is 713 g/mol. The minimum atomic E-state index is -0.656. The fraction of sp³-hybridized carbons (Fsp3) is 0.143. The number of ether oxygens (including phenoxy) is 2. The van der Waals surface area contributed by atoms with Crippen LogP contribution in [0.2, 0.25) is 0 Å². The van der Waals surface area contributed by atoms with Crippen molar-refractivity contribution in [1.29, 1.82) is 0 Å². The molecule has 0 heterocycles. The van der Waals surface area contributed by atoms with Gasteiger partial charge in [0, 0.05) is 27.4 Å². The molecule has 1 atom stereocenters. The molecular weight excluding hydrogens is 675 g/mol. The van der Waals surface area contributed by atoms with E-state index < -0.39 is 23.0 Å². The molecule has 0 bridgehead atoms. The van der Waals surface area contributed by atoms with E-state index in [0.29, 0.717) is 40.4 Å². The van der Waals surface area contributed by atoms with E-state index in [2.05, 4.69) is 16.0 Å². The van der Waals surface area contributed by atoms with E-state index in [1.54, 1.807) is 91.0 Å². The highest BCUT2D eigenvalue weighted by molar-refractivity contribution is 8.00. The van der Waals surface area contributed by atoms with Crippen molar-refractivity contribution in [3.63, 3.8) is 0 Å². The zero-order chi connectivity index (χ0) is 36.7. The Hall–Kier alpha value is -6.13. The molecule has 3 amide bonds. The fourth-order valence-corrected chi connectivity index (χ4v) is 6.14. The molecule has 0 aliphatic carbocycles. The van der Waals surface area contributed by atoms with Crippen LogP contribution in [0, 0.1) is 0 Å². The number of nitrogens with one attached hydrogen (secondary N) is 3. The maximum absolute atomic E-state index is 13.8. The third kappa shape index (κ3) is 10.4. The Morgan fingerprint density at radius 1 is 0.731 bits per heavy atom. The SMILES string of the molecule is CCCCOC(=O)c1ccc(NC(=O)C(Sc2cccc(NC(=O)/C(=C\c3ccccc3OC)NC(=O)c3ccccc3)c2)c2ccccc2)cc1. The van der Waals surface area contributed by atoms with Gasteiger partial charge in [-0.1, -0.05) is 86.1 Å².